The molecule has 0 aliphatic rings. The van der Waals surface area contributed by atoms with Gasteiger partial charge in [-0.25, -0.2) is 0 Å². The van der Waals surface area contributed by atoms with Gasteiger partial charge in [-0.2, -0.15) is 0 Å². The van der Waals surface area contributed by atoms with Crippen molar-refractivity contribution in [1.82, 2.24) is 5.32 Å². The standard InChI is InChI=1S/C12H16ClNO2/c1-8-6-11(13)5-4-10(8)7-14-9(2)12(15)16-3/h4-6,9,14H,7H2,1-3H3/t9-/m0/s1. The lowest BCUT2D eigenvalue weighted by Gasteiger charge is -2.12. The van der Waals surface area contributed by atoms with Crippen LogP contribution in [0.25, 0.3) is 0 Å². The Hall–Kier alpha value is -1.06. The first-order chi connectivity index (χ1) is 7.54. The number of benzene rings is 1. The molecule has 4 heteroatoms. The molecule has 0 spiro atoms. The van der Waals surface area contributed by atoms with E-state index in [-0.39, 0.29) is 12.0 Å². The lowest BCUT2D eigenvalue weighted by Crippen LogP contribution is -2.34. The van der Waals surface area contributed by atoms with E-state index >= 15 is 0 Å². The van der Waals surface area contributed by atoms with Crippen molar-refractivity contribution < 1.29 is 9.53 Å². The van der Waals surface area contributed by atoms with Crippen LogP contribution >= 0.6 is 11.6 Å². The second kappa shape index (κ2) is 5.87. The number of aryl methyl sites for hydroxylation is 1. The number of carbonyl (C=O) groups excluding carboxylic acids is 1. The quantitative estimate of drug-likeness (QED) is 0.823. The molecule has 0 unspecified atom stereocenters. The summed E-state index contributed by atoms with van der Waals surface area (Å²) in [5.74, 6) is -0.258. The van der Waals surface area contributed by atoms with E-state index in [2.05, 4.69) is 10.1 Å². The Labute approximate surface area is 101 Å². The van der Waals surface area contributed by atoms with Gasteiger partial charge in [0.05, 0.1) is 7.11 Å². The normalized spacial score (nSPS) is 12.2. The van der Waals surface area contributed by atoms with E-state index in [1.807, 2.05) is 25.1 Å². The van der Waals surface area contributed by atoms with Crippen molar-refractivity contribution in [3.63, 3.8) is 0 Å². The molecule has 1 N–H and O–H groups in total. The minimum atomic E-state index is -0.305. The van der Waals surface area contributed by atoms with Gasteiger partial charge in [0.15, 0.2) is 0 Å². The zero-order valence-electron chi connectivity index (χ0n) is 9.71. The van der Waals surface area contributed by atoms with Gasteiger partial charge in [0.1, 0.15) is 6.04 Å². The Kier molecular flexibility index (Phi) is 4.77. The highest BCUT2D eigenvalue weighted by molar-refractivity contribution is 6.30. The fraction of sp³-hybridized carbons (Fsp3) is 0.417. The predicted molar refractivity (Wildman–Crippen MR) is 64.5 cm³/mol. The molecule has 0 aliphatic heterocycles. The predicted octanol–water partition coefficient (Wildman–Crippen LogP) is 2.30. The lowest BCUT2D eigenvalue weighted by molar-refractivity contribution is -0.142. The monoisotopic (exact) mass is 241 g/mol. The average molecular weight is 242 g/mol. The van der Waals surface area contributed by atoms with E-state index in [1.54, 1.807) is 6.92 Å². The molecule has 0 saturated carbocycles. The number of carbonyl (C=O) groups is 1. The number of methoxy groups -OCH3 is 1. The number of rotatable bonds is 4. The van der Waals surface area contributed by atoms with Crippen LogP contribution in [0.2, 0.25) is 5.02 Å². The third kappa shape index (κ3) is 3.51. The van der Waals surface area contributed by atoms with Gasteiger partial charge in [0.2, 0.25) is 0 Å². The van der Waals surface area contributed by atoms with E-state index in [9.17, 15) is 4.79 Å². The zero-order valence-corrected chi connectivity index (χ0v) is 10.5. The first-order valence-corrected chi connectivity index (χ1v) is 5.48. The van der Waals surface area contributed by atoms with Crippen LogP contribution in [0.1, 0.15) is 18.1 Å². The summed E-state index contributed by atoms with van der Waals surface area (Å²) in [6.45, 7) is 4.39. The third-order valence-electron chi connectivity index (χ3n) is 2.46. The highest BCUT2D eigenvalue weighted by Gasteiger charge is 2.12. The fourth-order valence-electron chi connectivity index (χ4n) is 1.38. The van der Waals surface area contributed by atoms with Gasteiger partial charge in [0.25, 0.3) is 0 Å². The molecule has 0 amide bonds. The van der Waals surface area contributed by atoms with E-state index in [0.29, 0.717) is 6.54 Å². The van der Waals surface area contributed by atoms with Crippen LogP contribution in [0.3, 0.4) is 0 Å². The molecule has 1 aromatic carbocycles. The second-order valence-corrected chi connectivity index (χ2v) is 4.13. The summed E-state index contributed by atoms with van der Waals surface area (Å²) in [5, 5.41) is 3.82. The Morgan fingerprint density at radius 2 is 2.25 bits per heavy atom. The van der Waals surface area contributed by atoms with E-state index in [0.717, 1.165) is 16.1 Å². The number of nitrogens with one attached hydrogen (secondary N) is 1. The molecule has 0 bridgehead atoms. The van der Waals surface area contributed by atoms with E-state index in [4.69, 9.17) is 11.6 Å². The molecule has 1 aromatic rings. The van der Waals surface area contributed by atoms with Gasteiger partial charge in [-0.15, -0.1) is 0 Å². The van der Waals surface area contributed by atoms with Gasteiger partial charge >= 0.3 is 5.97 Å². The van der Waals surface area contributed by atoms with Crippen LogP contribution in [-0.2, 0) is 16.1 Å². The van der Waals surface area contributed by atoms with Crippen molar-refractivity contribution in [2.45, 2.75) is 26.4 Å². The summed E-state index contributed by atoms with van der Waals surface area (Å²) in [6, 6.07) is 5.39. The van der Waals surface area contributed by atoms with Crippen LogP contribution in [0.5, 0.6) is 0 Å². The van der Waals surface area contributed by atoms with Crippen molar-refractivity contribution in [2.24, 2.45) is 0 Å². The summed E-state index contributed by atoms with van der Waals surface area (Å²) in [5.41, 5.74) is 2.23. The molecular formula is C12H16ClNO2. The minimum Gasteiger partial charge on any atom is -0.468 e. The van der Waals surface area contributed by atoms with Crippen molar-refractivity contribution in [1.29, 1.82) is 0 Å². The Morgan fingerprint density at radius 1 is 1.56 bits per heavy atom. The van der Waals surface area contributed by atoms with Crippen LogP contribution in [0, 0.1) is 6.92 Å². The van der Waals surface area contributed by atoms with Crippen LogP contribution in [-0.4, -0.2) is 19.1 Å². The largest absolute Gasteiger partial charge is 0.468 e. The molecule has 1 atom stereocenters. The van der Waals surface area contributed by atoms with Crippen molar-refractivity contribution in [3.8, 4) is 0 Å². The molecule has 0 fully saturated rings. The third-order valence-corrected chi connectivity index (χ3v) is 2.69. The number of hydrogen-bond acceptors (Lipinski definition) is 3. The van der Waals surface area contributed by atoms with Gasteiger partial charge in [0, 0.05) is 11.6 Å². The Bertz CT molecular complexity index is 379. The van der Waals surface area contributed by atoms with Gasteiger partial charge < -0.3 is 10.1 Å². The molecule has 1 rings (SSSR count). The van der Waals surface area contributed by atoms with Gasteiger partial charge in [-0.05, 0) is 37.1 Å². The second-order valence-electron chi connectivity index (χ2n) is 3.70. The molecule has 88 valence electrons. The molecule has 0 heterocycles. The molecule has 16 heavy (non-hydrogen) atoms. The lowest BCUT2D eigenvalue weighted by atomic mass is 10.1. The maximum absolute atomic E-state index is 11.2. The number of esters is 1. The zero-order chi connectivity index (χ0) is 12.1. The van der Waals surface area contributed by atoms with E-state index in [1.165, 1.54) is 7.11 Å². The fourth-order valence-corrected chi connectivity index (χ4v) is 1.61. The average Bonchev–Trinajstić information content (AvgIpc) is 2.26. The maximum Gasteiger partial charge on any atom is 0.322 e. The first kappa shape index (κ1) is 13.0. The molecule has 3 nitrogen and oxygen atoms in total. The molecule has 0 aliphatic carbocycles. The smallest absolute Gasteiger partial charge is 0.322 e. The number of ether oxygens (including phenoxy) is 1. The van der Waals surface area contributed by atoms with Crippen LogP contribution in [0.15, 0.2) is 18.2 Å². The summed E-state index contributed by atoms with van der Waals surface area (Å²) >= 11 is 5.86. The molecule has 0 saturated heterocycles. The molecule has 0 radical (unpaired) electrons. The maximum atomic E-state index is 11.2. The number of hydrogen-bond donors (Lipinski definition) is 1. The van der Waals surface area contributed by atoms with E-state index < -0.39 is 0 Å². The molecule has 0 aromatic heterocycles. The highest BCUT2D eigenvalue weighted by atomic mass is 35.5. The van der Waals surface area contributed by atoms with Gasteiger partial charge in [-0.3, -0.25) is 4.79 Å². The summed E-state index contributed by atoms with van der Waals surface area (Å²) < 4.78 is 4.63. The number of halogens is 1. The first-order valence-electron chi connectivity index (χ1n) is 5.11. The molecular weight excluding hydrogens is 226 g/mol. The Balaban J connectivity index is 2.58. The van der Waals surface area contributed by atoms with Crippen LogP contribution in [0.4, 0.5) is 0 Å². The summed E-state index contributed by atoms with van der Waals surface area (Å²) in [7, 11) is 1.38. The van der Waals surface area contributed by atoms with Crippen LogP contribution < -0.4 is 5.32 Å². The SMILES string of the molecule is COC(=O)[C@H](C)NCc1ccc(Cl)cc1C. The Morgan fingerprint density at radius 3 is 2.81 bits per heavy atom. The van der Waals surface area contributed by atoms with Crippen molar-refractivity contribution in [3.05, 3.63) is 34.3 Å². The topological polar surface area (TPSA) is 38.3 Å². The van der Waals surface area contributed by atoms with Crippen molar-refractivity contribution >= 4 is 17.6 Å². The van der Waals surface area contributed by atoms with Crippen molar-refractivity contribution in [2.75, 3.05) is 7.11 Å². The minimum absolute atomic E-state index is 0.258. The summed E-state index contributed by atoms with van der Waals surface area (Å²) in [4.78, 5) is 11.2. The summed E-state index contributed by atoms with van der Waals surface area (Å²) in [6.07, 6.45) is 0. The highest BCUT2D eigenvalue weighted by Crippen LogP contribution is 2.15. The van der Waals surface area contributed by atoms with Gasteiger partial charge in [-0.1, -0.05) is 17.7 Å².